The van der Waals surface area contributed by atoms with E-state index in [0.29, 0.717) is 31.6 Å². The Morgan fingerprint density at radius 1 is 1.18 bits per heavy atom. The quantitative estimate of drug-likeness (QED) is 0.632. The Balaban J connectivity index is 1.45. The van der Waals surface area contributed by atoms with Gasteiger partial charge in [0, 0.05) is 30.4 Å². The average Bonchev–Trinajstić information content (AvgIpc) is 3.61. The van der Waals surface area contributed by atoms with Crippen molar-refractivity contribution in [2.75, 3.05) is 19.7 Å². The van der Waals surface area contributed by atoms with E-state index in [1.807, 2.05) is 0 Å². The highest BCUT2D eigenvalue weighted by atomic mass is 19.4. The number of alkyl halides is 3. The van der Waals surface area contributed by atoms with E-state index in [-0.39, 0.29) is 24.8 Å². The highest BCUT2D eigenvalue weighted by molar-refractivity contribution is 6.04. The van der Waals surface area contributed by atoms with Gasteiger partial charge in [0.1, 0.15) is 5.82 Å². The van der Waals surface area contributed by atoms with E-state index in [0.717, 1.165) is 41.1 Å². The Hall–Kier alpha value is -2.62. The van der Waals surface area contributed by atoms with Gasteiger partial charge in [-0.15, -0.1) is 0 Å². The SMILES string of the molecule is N/C(=C(\C1=Nc2ccc(F)cc2CC1)C1CC1)C1CCN(C(=O)OC(CO)C(F)(F)F)CC1. The van der Waals surface area contributed by atoms with Gasteiger partial charge in [0.2, 0.25) is 6.10 Å². The molecule has 0 bridgehead atoms. The molecule has 1 saturated carbocycles. The maximum absolute atomic E-state index is 13.5. The van der Waals surface area contributed by atoms with E-state index < -0.39 is 25.0 Å². The van der Waals surface area contributed by atoms with Crippen molar-refractivity contribution in [2.45, 2.75) is 50.8 Å². The topological polar surface area (TPSA) is 88.2 Å². The third-order valence-corrected chi connectivity index (χ3v) is 6.50. The molecule has 1 atom stereocenters. The number of likely N-dealkylation sites (tertiary alicyclic amines) is 1. The summed E-state index contributed by atoms with van der Waals surface area (Å²) in [5.74, 6) is 0.0414. The largest absolute Gasteiger partial charge is 0.434 e. The van der Waals surface area contributed by atoms with Gasteiger partial charge in [-0.3, -0.25) is 4.99 Å². The molecular weight excluding hydrogens is 442 g/mol. The van der Waals surface area contributed by atoms with Gasteiger partial charge in [0.05, 0.1) is 12.3 Å². The minimum absolute atomic E-state index is 0.0155. The van der Waals surface area contributed by atoms with Crippen LogP contribution in [0.4, 0.5) is 28.0 Å². The number of aliphatic hydroxyl groups excluding tert-OH is 1. The molecule has 2 aliphatic heterocycles. The van der Waals surface area contributed by atoms with Crippen molar-refractivity contribution in [3.63, 3.8) is 0 Å². The smallest absolute Gasteiger partial charge is 0.427 e. The van der Waals surface area contributed by atoms with E-state index in [9.17, 15) is 22.4 Å². The molecule has 33 heavy (non-hydrogen) atoms. The Bertz CT molecular complexity index is 964. The predicted octanol–water partition coefficient (Wildman–Crippen LogP) is 4.24. The molecule has 1 unspecified atom stereocenters. The number of amides is 1. The zero-order valence-electron chi connectivity index (χ0n) is 18.1. The van der Waals surface area contributed by atoms with Gasteiger partial charge in [0.25, 0.3) is 0 Å². The van der Waals surface area contributed by atoms with Gasteiger partial charge in [-0.1, -0.05) is 0 Å². The van der Waals surface area contributed by atoms with Crippen LogP contribution >= 0.6 is 0 Å². The van der Waals surface area contributed by atoms with Gasteiger partial charge in [0.15, 0.2) is 0 Å². The number of nitrogens with two attached hydrogens (primary N) is 1. The van der Waals surface area contributed by atoms with E-state index in [2.05, 4.69) is 4.74 Å². The summed E-state index contributed by atoms with van der Waals surface area (Å²) in [5.41, 5.74) is 10.9. The third-order valence-electron chi connectivity index (χ3n) is 6.50. The number of fused-ring (bicyclic) bond motifs is 1. The summed E-state index contributed by atoms with van der Waals surface area (Å²) in [6.07, 6.45) is -4.03. The number of ether oxygens (including phenoxy) is 1. The number of piperidine rings is 1. The summed E-state index contributed by atoms with van der Waals surface area (Å²) >= 11 is 0. The number of benzene rings is 1. The van der Waals surface area contributed by atoms with Gasteiger partial charge in [-0.05, 0) is 73.8 Å². The van der Waals surface area contributed by atoms with Crippen LogP contribution in [0.5, 0.6) is 0 Å². The van der Waals surface area contributed by atoms with Crippen molar-refractivity contribution in [1.29, 1.82) is 0 Å². The molecule has 4 rings (SSSR count). The minimum atomic E-state index is -4.82. The molecule has 0 radical (unpaired) electrons. The lowest BCUT2D eigenvalue weighted by Crippen LogP contribution is -2.45. The first-order valence-electron chi connectivity index (χ1n) is 11.2. The summed E-state index contributed by atoms with van der Waals surface area (Å²) in [7, 11) is 0. The Kier molecular flexibility index (Phi) is 6.65. The Labute approximate surface area is 189 Å². The summed E-state index contributed by atoms with van der Waals surface area (Å²) in [4.78, 5) is 18.1. The molecule has 3 aliphatic rings. The van der Waals surface area contributed by atoms with Crippen LogP contribution in [0.15, 0.2) is 34.5 Å². The van der Waals surface area contributed by atoms with Crippen LogP contribution in [0.1, 0.15) is 37.7 Å². The number of carbonyl (C=O) groups is 1. The number of aryl methyl sites for hydroxylation is 1. The minimum Gasteiger partial charge on any atom is -0.434 e. The molecular formula is C23H27F4N3O3. The monoisotopic (exact) mass is 469 g/mol. The standard InChI is InChI=1S/C23H27F4N3O3/c24-16-4-6-17-15(11-16)3-5-18(29-17)20(13-1-2-13)21(28)14-7-9-30(10-8-14)22(32)33-19(12-31)23(25,26)27/h4,6,11,13-14,19,31H,1-3,5,7-10,12,28H2/b21-20-. The molecule has 6 nitrogen and oxygen atoms in total. The molecule has 1 amide bonds. The number of rotatable bonds is 5. The van der Waals surface area contributed by atoms with Crippen molar-refractivity contribution in [3.8, 4) is 0 Å². The van der Waals surface area contributed by atoms with Gasteiger partial charge < -0.3 is 20.5 Å². The van der Waals surface area contributed by atoms with E-state index >= 15 is 0 Å². The van der Waals surface area contributed by atoms with Crippen LogP contribution in [0.25, 0.3) is 0 Å². The highest BCUT2D eigenvalue weighted by Crippen LogP contribution is 2.43. The number of hydrogen-bond donors (Lipinski definition) is 2. The molecule has 1 saturated heterocycles. The summed E-state index contributed by atoms with van der Waals surface area (Å²) in [6.45, 7) is -0.885. The van der Waals surface area contributed by atoms with Crippen molar-refractivity contribution < 1.29 is 32.2 Å². The first-order valence-corrected chi connectivity index (χ1v) is 11.2. The number of allylic oxidation sites excluding steroid dienone is 2. The number of halogens is 4. The molecule has 1 aromatic carbocycles. The first kappa shape index (κ1) is 23.5. The van der Waals surface area contributed by atoms with Crippen LogP contribution < -0.4 is 5.73 Å². The molecule has 10 heteroatoms. The van der Waals surface area contributed by atoms with Crippen molar-refractivity contribution in [2.24, 2.45) is 22.6 Å². The van der Waals surface area contributed by atoms with Crippen LogP contribution in [0.3, 0.4) is 0 Å². The van der Waals surface area contributed by atoms with Crippen LogP contribution in [-0.4, -0.2) is 53.8 Å². The first-order chi connectivity index (χ1) is 15.7. The number of hydrogen-bond acceptors (Lipinski definition) is 5. The van der Waals surface area contributed by atoms with Gasteiger partial charge >= 0.3 is 12.3 Å². The van der Waals surface area contributed by atoms with Crippen LogP contribution in [-0.2, 0) is 11.2 Å². The summed E-state index contributed by atoms with van der Waals surface area (Å²) < 4.78 is 56.3. The van der Waals surface area contributed by atoms with Crippen LogP contribution in [0, 0.1) is 17.7 Å². The summed E-state index contributed by atoms with van der Waals surface area (Å²) in [6, 6.07) is 4.58. The number of aliphatic imine (C=N–C) groups is 1. The van der Waals surface area contributed by atoms with E-state index in [1.165, 1.54) is 17.0 Å². The molecule has 1 aromatic rings. The summed E-state index contributed by atoms with van der Waals surface area (Å²) in [5, 5.41) is 8.87. The van der Waals surface area contributed by atoms with E-state index in [4.69, 9.17) is 15.8 Å². The van der Waals surface area contributed by atoms with Crippen molar-refractivity contribution in [1.82, 2.24) is 4.90 Å². The second kappa shape index (κ2) is 9.32. The van der Waals surface area contributed by atoms with Crippen molar-refractivity contribution in [3.05, 3.63) is 40.8 Å². The van der Waals surface area contributed by atoms with Gasteiger partial charge in [-0.2, -0.15) is 13.2 Å². The Morgan fingerprint density at radius 3 is 2.48 bits per heavy atom. The maximum Gasteiger partial charge on any atom is 0.427 e. The molecule has 0 spiro atoms. The number of nitrogens with zero attached hydrogens (tertiary/aromatic N) is 2. The molecule has 0 aromatic heterocycles. The lowest BCUT2D eigenvalue weighted by Gasteiger charge is -2.33. The van der Waals surface area contributed by atoms with Gasteiger partial charge in [-0.25, -0.2) is 9.18 Å². The zero-order chi connectivity index (χ0) is 23.8. The average molecular weight is 469 g/mol. The van der Waals surface area contributed by atoms with Crippen LogP contribution in [0.2, 0.25) is 0 Å². The fraction of sp³-hybridized carbons (Fsp3) is 0.565. The normalized spacial score (nSPS) is 21.1. The molecule has 2 heterocycles. The molecule has 180 valence electrons. The third kappa shape index (κ3) is 5.31. The number of carbonyl (C=O) groups excluding carboxylic acids is 1. The lowest BCUT2D eigenvalue weighted by atomic mass is 9.86. The Morgan fingerprint density at radius 2 is 1.88 bits per heavy atom. The molecule has 2 fully saturated rings. The lowest BCUT2D eigenvalue weighted by molar-refractivity contribution is -0.214. The van der Waals surface area contributed by atoms with E-state index in [1.54, 1.807) is 6.07 Å². The predicted molar refractivity (Wildman–Crippen MR) is 113 cm³/mol. The fourth-order valence-electron chi connectivity index (χ4n) is 4.52. The second-order valence-corrected chi connectivity index (χ2v) is 8.83. The highest BCUT2D eigenvalue weighted by Gasteiger charge is 2.43. The fourth-order valence-corrected chi connectivity index (χ4v) is 4.52. The second-order valence-electron chi connectivity index (χ2n) is 8.83. The van der Waals surface area contributed by atoms with Crippen molar-refractivity contribution >= 4 is 17.5 Å². The molecule has 3 N–H and O–H groups in total. The maximum atomic E-state index is 13.5. The zero-order valence-corrected chi connectivity index (χ0v) is 18.1. The molecule has 1 aliphatic carbocycles. The number of aliphatic hydroxyl groups is 1.